The number of benzene rings is 3. The van der Waals surface area contributed by atoms with Gasteiger partial charge in [-0.15, -0.1) is 0 Å². The van der Waals surface area contributed by atoms with E-state index in [1.54, 1.807) is 12.0 Å². The molecule has 3 aromatic carbocycles. The molecular formula is C31H31F2N3O3. The van der Waals surface area contributed by atoms with Gasteiger partial charge in [-0.25, -0.2) is 8.78 Å². The normalized spacial score (nSPS) is 18.0. The van der Waals surface area contributed by atoms with E-state index in [4.69, 9.17) is 4.74 Å². The monoisotopic (exact) mass is 531 g/mol. The first-order valence-corrected chi connectivity index (χ1v) is 12.9. The number of ketones is 1. The third-order valence-corrected chi connectivity index (χ3v) is 7.14. The predicted octanol–water partition coefficient (Wildman–Crippen LogP) is 5.91. The third kappa shape index (κ3) is 5.65. The number of anilines is 2. The fraction of sp³-hybridized carbons (Fsp3) is 0.290. The molecule has 202 valence electrons. The van der Waals surface area contributed by atoms with Gasteiger partial charge in [0.1, 0.15) is 17.4 Å². The van der Waals surface area contributed by atoms with E-state index in [0.29, 0.717) is 29.1 Å². The zero-order valence-electron chi connectivity index (χ0n) is 22.2. The Bertz CT molecular complexity index is 1450. The average molecular weight is 532 g/mol. The largest absolute Gasteiger partial charge is 0.497 e. The molecule has 0 radical (unpaired) electrons. The van der Waals surface area contributed by atoms with Gasteiger partial charge in [0.15, 0.2) is 5.78 Å². The van der Waals surface area contributed by atoms with Gasteiger partial charge in [-0.2, -0.15) is 0 Å². The Morgan fingerprint density at radius 3 is 2.54 bits per heavy atom. The second kappa shape index (κ2) is 10.5. The summed E-state index contributed by atoms with van der Waals surface area (Å²) in [6.45, 7) is 4.17. The Morgan fingerprint density at radius 2 is 1.79 bits per heavy atom. The quantitative estimate of drug-likeness (QED) is 0.414. The molecular weight excluding hydrogens is 500 g/mol. The van der Waals surface area contributed by atoms with Crippen molar-refractivity contribution in [1.82, 2.24) is 5.32 Å². The van der Waals surface area contributed by atoms with Gasteiger partial charge in [0.05, 0.1) is 31.1 Å². The van der Waals surface area contributed by atoms with Crippen molar-refractivity contribution in [3.63, 3.8) is 0 Å². The zero-order valence-corrected chi connectivity index (χ0v) is 22.2. The van der Waals surface area contributed by atoms with E-state index in [1.165, 1.54) is 12.1 Å². The first kappa shape index (κ1) is 26.4. The minimum Gasteiger partial charge on any atom is -0.497 e. The smallest absolute Gasteiger partial charge is 0.239 e. The number of fused-ring (bicyclic) bond motifs is 1. The van der Waals surface area contributed by atoms with Crippen LogP contribution < -0.4 is 20.3 Å². The molecule has 1 aliphatic heterocycles. The van der Waals surface area contributed by atoms with Crippen molar-refractivity contribution in [1.29, 1.82) is 0 Å². The molecule has 0 spiro atoms. The Balaban J connectivity index is 1.57. The molecule has 1 atom stereocenters. The van der Waals surface area contributed by atoms with Crippen molar-refractivity contribution in [3.05, 3.63) is 101 Å². The number of nitrogens with one attached hydrogen (secondary N) is 2. The highest BCUT2D eigenvalue weighted by Crippen LogP contribution is 2.48. The van der Waals surface area contributed by atoms with Crippen LogP contribution in [0.25, 0.3) is 0 Å². The molecule has 3 aromatic rings. The molecule has 0 saturated carbocycles. The van der Waals surface area contributed by atoms with Crippen molar-refractivity contribution < 1.29 is 23.1 Å². The molecule has 0 fully saturated rings. The van der Waals surface area contributed by atoms with E-state index in [1.807, 2.05) is 62.4 Å². The molecule has 1 aliphatic carbocycles. The number of allylic oxidation sites excluding steroid dienone is 1. The number of carbonyl (C=O) groups excluding carboxylic acids is 2. The standard InChI is InChI=1S/C31H31F2N3O3/c1-31(2)15-25-29(27(37)16-31)30(20-12-21(32)14-22(33)13-20)36(26-10-5-4-9-24(26)35-25)18-28(38)34-17-19-7-6-8-23(11-19)39-3/h4-14,30,35H,15-18H2,1-3H3,(H,34,38). The van der Waals surface area contributed by atoms with Crippen molar-refractivity contribution in [2.45, 2.75) is 39.3 Å². The number of hydrogen-bond donors (Lipinski definition) is 2. The van der Waals surface area contributed by atoms with Crippen molar-refractivity contribution in [2.24, 2.45) is 5.41 Å². The lowest BCUT2D eigenvalue weighted by Gasteiger charge is -2.37. The van der Waals surface area contributed by atoms with Crippen LogP contribution in [0, 0.1) is 17.0 Å². The highest BCUT2D eigenvalue weighted by atomic mass is 19.1. The van der Waals surface area contributed by atoms with Gasteiger partial charge in [-0.3, -0.25) is 9.59 Å². The summed E-state index contributed by atoms with van der Waals surface area (Å²) in [5.74, 6) is -1.23. The molecule has 6 nitrogen and oxygen atoms in total. The van der Waals surface area contributed by atoms with Crippen molar-refractivity contribution in [2.75, 3.05) is 23.9 Å². The van der Waals surface area contributed by atoms with Gasteiger partial charge < -0.3 is 20.3 Å². The molecule has 1 unspecified atom stereocenters. The lowest BCUT2D eigenvalue weighted by molar-refractivity contribution is -0.120. The van der Waals surface area contributed by atoms with E-state index in [-0.39, 0.29) is 42.2 Å². The Kier molecular flexibility index (Phi) is 7.12. The lowest BCUT2D eigenvalue weighted by atomic mass is 9.73. The third-order valence-electron chi connectivity index (χ3n) is 7.14. The summed E-state index contributed by atoms with van der Waals surface area (Å²) in [5.41, 5.74) is 3.35. The molecule has 1 amide bonds. The van der Waals surface area contributed by atoms with E-state index in [2.05, 4.69) is 10.6 Å². The summed E-state index contributed by atoms with van der Waals surface area (Å²) >= 11 is 0. The molecule has 0 bridgehead atoms. The summed E-state index contributed by atoms with van der Waals surface area (Å²) in [4.78, 5) is 28.8. The van der Waals surface area contributed by atoms with Crippen LogP contribution in [-0.2, 0) is 16.1 Å². The van der Waals surface area contributed by atoms with Crippen LogP contribution in [0.4, 0.5) is 20.2 Å². The maximum absolute atomic E-state index is 14.5. The summed E-state index contributed by atoms with van der Waals surface area (Å²) in [5, 5.41) is 6.37. The number of nitrogens with zero attached hydrogens (tertiary/aromatic N) is 1. The highest BCUT2D eigenvalue weighted by molar-refractivity contribution is 6.01. The second-order valence-corrected chi connectivity index (χ2v) is 10.8. The number of Topliss-reactive ketones (excluding diaryl/α,β-unsaturated/α-hetero) is 1. The van der Waals surface area contributed by atoms with Crippen LogP contribution in [0.15, 0.2) is 78.0 Å². The van der Waals surface area contributed by atoms with Gasteiger partial charge >= 0.3 is 0 Å². The van der Waals surface area contributed by atoms with Crippen LogP contribution >= 0.6 is 0 Å². The maximum atomic E-state index is 14.5. The second-order valence-electron chi connectivity index (χ2n) is 10.8. The number of carbonyl (C=O) groups is 2. The summed E-state index contributed by atoms with van der Waals surface area (Å²) < 4.78 is 34.3. The van der Waals surface area contributed by atoms with Gasteiger partial charge in [0.2, 0.25) is 5.91 Å². The van der Waals surface area contributed by atoms with E-state index < -0.39 is 17.7 Å². The zero-order chi connectivity index (χ0) is 27.7. The number of methoxy groups -OCH3 is 1. The molecule has 2 N–H and O–H groups in total. The van der Waals surface area contributed by atoms with Crippen molar-refractivity contribution in [3.8, 4) is 5.75 Å². The van der Waals surface area contributed by atoms with Gasteiger partial charge in [-0.1, -0.05) is 38.1 Å². The SMILES string of the molecule is COc1cccc(CNC(=O)CN2c3ccccc3NC3=C(C(=O)CC(C)(C)C3)C2c2cc(F)cc(F)c2)c1. The molecule has 39 heavy (non-hydrogen) atoms. The number of halogens is 2. The number of amides is 1. The van der Waals surface area contributed by atoms with E-state index >= 15 is 0 Å². The number of hydrogen-bond acceptors (Lipinski definition) is 5. The first-order valence-electron chi connectivity index (χ1n) is 12.9. The fourth-order valence-electron chi connectivity index (χ4n) is 5.50. The molecule has 2 aliphatic rings. The first-order chi connectivity index (χ1) is 18.6. The predicted molar refractivity (Wildman–Crippen MR) is 146 cm³/mol. The van der Waals surface area contributed by atoms with Crippen LogP contribution in [0.2, 0.25) is 0 Å². The average Bonchev–Trinajstić information content (AvgIpc) is 3.01. The molecule has 0 aromatic heterocycles. The summed E-state index contributed by atoms with van der Waals surface area (Å²) in [6.07, 6.45) is 0.862. The van der Waals surface area contributed by atoms with Crippen LogP contribution in [-0.4, -0.2) is 25.3 Å². The number of rotatable bonds is 6. The maximum Gasteiger partial charge on any atom is 0.239 e. The minimum absolute atomic E-state index is 0.113. The Labute approximate surface area is 226 Å². The summed E-state index contributed by atoms with van der Waals surface area (Å²) in [6, 6.07) is 17.2. The van der Waals surface area contributed by atoms with Gasteiger partial charge in [0.25, 0.3) is 0 Å². The minimum atomic E-state index is -0.868. The van der Waals surface area contributed by atoms with Crippen LogP contribution in [0.1, 0.15) is 43.9 Å². The lowest BCUT2D eigenvalue weighted by Crippen LogP contribution is -2.42. The molecule has 0 saturated heterocycles. The summed E-state index contributed by atoms with van der Waals surface area (Å²) in [7, 11) is 1.58. The highest BCUT2D eigenvalue weighted by Gasteiger charge is 2.42. The fourth-order valence-corrected chi connectivity index (χ4v) is 5.50. The van der Waals surface area contributed by atoms with E-state index in [9.17, 15) is 18.4 Å². The molecule has 8 heteroatoms. The molecule has 1 heterocycles. The number of ether oxygens (including phenoxy) is 1. The number of para-hydroxylation sites is 2. The topological polar surface area (TPSA) is 70.7 Å². The Morgan fingerprint density at radius 1 is 1.05 bits per heavy atom. The van der Waals surface area contributed by atoms with Crippen LogP contribution in [0.3, 0.4) is 0 Å². The van der Waals surface area contributed by atoms with Gasteiger partial charge in [0, 0.05) is 30.3 Å². The van der Waals surface area contributed by atoms with E-state index in [0.717, 1.165) is 17.3 Å². The Hall–Kier alpha value is -4.20. The van der Waals surface area contributed by atoms with Crippen molar-refractivity contribution >= 4 is 23.1 Å². The van der Waals surface area contributed by atoms with Crippen LogP contribution in [0.5, 0.6) is 5.75 Å². The van der Waals surface area contributed by atoms with Gasteiger partial charge in [-0.05, 0) is 59.4 Å². The molecule has 5 rings (SSSR count).